The number of benzene rings is 3. The zero-order chi connectivity index (χ0) is 25.2. The van der Waals surface area contributed by atoms with Crippen molar-refractivity contribution in [3.8, 4) is 11.5 Å². The van der Waals surface area contributed by atoms with Crippen LogP contribution in [0.4, 0.5) is 5.95 Å². The van der Waals surface area contributed by atoms with E-state index in [0.29, 0.717) is 23.0 Å². The fourth-order valence-corrected chi connectivity index (χ4v) is 4.89. The number of imidazole rings is 1. The smallest absolute Gasteiger partial charge is 0.321 e. The normalized spacial score (nSPS) is 17.1. The zero-order valence-electron chi connectivity index (χ0n) is 20.4. The van der Waals surface area contributed by atoms with E-state index >= 15 is 0 Å². The first-order valence-electron chi connectivity index (χ1n) is 11.8. The standard InChI is InChI=1S/C28H27N3O5/c1-4-36-27(33)23-24(19-13-10-16-22(34-2)25(19)35-3)31-21-15-9-8-14-20(21)29-28(31)30(26(23)32)17-18-11-6-5-7-12-18/h5-16,23-24H,4,17H2,1-3H3/t23-,24-/m1/s1. The van der Waals surface area contributed by atoms with E-state index in [9.17, 15) is 9.59 Å². The zero-order valence-corrected chi connectivity index (χ0v) is 20.4. The summed E-state index contributed by atoms with van der Waals surface area (Å²) in [4.78, 5) is 34.0. The maximum atomic E-state index is 14.1. The molecular weight excluding hydrogens is 458 g/mol. The van der Waals surface area contributed by atoms with E-state index in [1.807, 2.05) is 71.3 Å². The van der Waals surface area contributed by atoms with Crippen LogP contribution >= 0.6 is 0 Å². The molecule has 2 heterocycles. The van der Waals surface area contributed by atoms with E-state index in [2.05, 4.69) is 0 Å². The van der Waals surface area contributed by atoms with Gasteiger partial charge in [0.25, 0.3) is 0 Å². The van der Waals surface area contributed by atoms with Crippen LogP contribution < -0.4 is 14.4 Å². The van der Waals surface area contributed by atoms with Gasteiger partial charge >= 0.3 is 5.97 Å². The van der Waals surface area contributed by atoms with E-state index in [1.54, 1.807) is 32.1 Å². The maximum Gasteiger partial charge on any atom is 0.321 e. The quantitative estimate of drug-likeness (QED) is 0.286. The third kappa shape index (κ3) is 3.84. The SMILES string of the molecule is CCOC(=O)[C@H]1C(=O)N(Cc2ccccc2)c2nc3ccccc3n2[C@@H]1c1cccc(OC)c1OC. The van der Waals surface area contributed by atoms with Gasteiger partial charge in [0.2, 0.25) is 11.9 Å². The van der Waals surface area contributed by atoms with Gasteiger partial charge in [-0.1, -0.05) is 54.6 Å². The second kappa shape index (κ2) is 9.73. The summed E-state index contributed by atoms with van der Waals surface area (Å²) in [6.07, 6.45) is 0. The van der Waals surface area contributed by atoms with Crippen LogP contribution in [0.15, 0.2) is 72.8 Å². The molecule has 184 valence electrons. The van der Waals surface area contributed by atoms with Gasteiger partial charge in [-0.25, -0.2) is 4.98 Å². The minimum atomic E-state index is -1.15. The van der Waals surface area contributed by atoms with Crippen LogP contribution in [-0.4, -0.2) is 42.3 Å². The lowest BCUT2D eigenvalue weighted by Crippen LogP contribution is -2.49. The highest BCUT2D eigenvalue weighted by atomic mass is 16.5. The first kappa shape index (κ1) is 23.4. The van der Waals surface area contributed by atoms with Crippen LogP contribution in [0.5, 0.6) is 11.5 Å². The van der Waals surface area contributed by atoms with Crippen molar-refractivity contribution in [2.75, 3.05) is 25.7 Å². The Kier molecular flexibility index (Phi) is 6.33. The first-order valence-corrected chi connectivity index (χ1v) is 11.8. The van der Waals surface area contributed by atoms with Crippen molar-refractivity contribution < 1.29 is 23.8 Å². The van der Waals surface area contributed by atoms with Crippen LogP contribution in [0.25, 0.3) is 11.0 Å². The van der Waals surface area contributed by atoms with E-state index in [-0.39, 0.29) is 19.1 Å². The number of hydrogen-bond acceptors (Lipinski definition) is 6. The number of aromatic nitrogens is 2. The fourth-order valence-electron chi connectivity index (χ4n) is 4.89. The molecule has 0 N–H and O–H groups in total. The molecule has 0 saturated carbocycles. The average molecular weight is 486 g/mol. The van der Waals surface area contributed by atoms with Crippen molar-refractivity contribution in [3.05, 3.63) is 83.9 Å². The summed E-state index contributed by atoms with van der Waals surface area (Å²) in [6, 6.07) is 22.0. The Balaban J connectivity index is 1.79. The maximum absolute atomic E-state index is 14.1. The number of carbonyl (C=O) groups is 2. The molecular formula is C28H27N3O5. The molecule has 1 aliphatic rings. The van der Waals surface area contributed by atoms with Gasteiger partial charge in [-0.2, -0.15) is 0 Å². The van der Waals surface area contributed by atoms with Crippen LogP contribution in [-0.2, 0) is 20.9 Å². The lowest BCUT2D eigenvalue weighted by atomic mass is 9.88. The lowest BCUT2D eigenvalue weighted by Gasteiger charge is -2.38. The Morgan fingerprint density at radius 2 is 1.69 bits per heavy atom. The van der Waals surface area contributed by atoms with Crippen molar-refractivity contribution in [2.24, 2.45) is 5.92 Å². The predicted molar refractivity (Wildman–Crippen MR) is 135 cm³/mol. The molecule has 3 aromatic carbocycles. The molecule has 8 heteroatoms. The topological polar surface area (TPSA) is 82.9 Å². The van der Waals surface area contributed by atoms with Gasteiger partial charge in [-0.15, -0.1) is 0 Å². The van der Waals surface area contributed by atoms with Gasteiger partial charge in [0.05, 0.1) is 44.4 Å². The van der Waals surface area contributed by atoms with Crippen LogP contribution in [0, 0.1) is 5.92 Å². The highest BCUT2D eigenvalue weighted by Gasteiger charge is 2.49. The molecule has 0 aliphatic carbocycles. The highest BCUT2D eigenvalue weighted by molar-refractivity contribution is 6.08. The number of hydrogen-bond donors (Lipinski definition) is 0. The van der Waals surface area contributed by atoms with Crippen molar-refractivity contribution in [1.82, 2.24) is 9.55 Å². The summed E-state index contributed by atoms with van der Waals surface area (Å²) in [6.45, 7) is 2.15. The third-order valence-electron chi connectivity index (χ3n) is 6.42. The van der Waals surface area contributed by atoms with Gasteiger partial charge in [0.1, 0.15) is 0 Å². The predicted octanol–water partition coefficient (Wildman–Crippen LogP) is 4.37. The fraction of sp³-hybridized carbons (Fsp3) is 0.250. The first-order chi connectivity index (χ1) is 17.6. The molecule has 8 nitrogen and oxygen atoms in total. The highest BCUT2D eigenvalue weighted by Crippen LogP contribution is 2.46. The molecule has 1 aliphatic heterocycles. The third-order valence-corrected chi connectivity index (χ3v) is 6.42. The molecule has 1 aromatic heterocycles. The molecule has 36 heavy (non-hydrogen) atoms. The number of para-hydroxylation sites is 3. The van der Waals surface area contributed by atoms with Crippen LogP contribution in [0.2, 0.25) is 0 Å². The van der Waals surface area contributed by atoms with Gasteiger partial charge in [-0.05, 0) is 30.7 Å². The largest absolute Gasteiger partial charge is 0.493 e. The Labute approximate surface area is 209 Å². The molecule has 0 spiro atoms. The number of fused-ring (bicyclic) bond motifs is 3. The van der Waals surface area contributed by atoms with E-state index in [1.165, 1.54) is 0 Å². The van der Waals surface area contributed by atoms with Crippen LogP contribution in [0.3, 0.4) is 0 Å². The van der Waals surface area contributed by atoms with Gasteiger partial charge in [-0.3, -0.25) is 14.5 Å². The Bertz CT molecular complexity index is 1420. The van der Waals surface area contributed by atoms with E-state index < -0.39 is 17.9 Å². The number of rotatable bonds is 7. The molecule has 2 atom stereocenters. The monoisotopic (exact) mass is 485 g/mol. The summed E-state index contributed by atoms with van der Waals surface area (Å²) in [5.74, 6) is -0.718. The Morgan fingerprint density at radius 1 is 0.944 bits per heavy atom. The van der Waals surface area contributed by atoms with Gasteiger partial charge < -0.3 is 18.8 Å². The number of amides is 1. The van der Waals surface area contributed by atoms with Crippen molar-refractivity contribution in [3.63, 3.8) is 0 Å². The summed E-state index contributed by atoms with van der Waals surface area (Å²) >= 11 is 0. The average Bonchev–Trinajstić information content (AvgIpc) is 3.29. The second-order valence-electron chi connectivity index (χ2n) is 8.44. The number of nitrogens with zero attached hydrogens (tertiary/aromatic N) is 3. The molecule has 5 rings (SSSR count). The van der Waals surface area contributed by atoms with E-state index in [4.69, 9.17) is 19.2 Å². The molecule has 0 unspecified atom stereocenters. The summed E-state index contributed by atoms with van der Waals surface area (Å²) in [7, 11) is 3.09. The summed E-state index contributed by atoms with van der Waals surface area (Å²) in [5, 5.41) is 0. The minimum absolute atomic E-state index is 0.154. The number of esters is 1. The molecule has 0 saturated heterocycles. The van der Waals surface area contributed by atoms with Crippen LogP contribution in [0.1, 0.15) is 24.1 Å². The van der Waals surface area contributed by atoms with Gasteiger partial charge in [0, 0.05) is 5.56 Å². The Morgan fingerprint density at radius 3 is 2.42 bits per heavy atom. The summed E-state index contributed by atoms with van der Waals surface area (Å²) < 4.78 is 18.7. The number of methoxy groups -OCH3 is 2. The molecule has 0 radical (unpaired) electrons. The number of ether oxygens (including phenoxy) is 3. The molecule has 1 amide bonds. The Hall–Kier alpha value is -4.33. The van der Waals surface area contributed by atoms with Gasteiger partial charge in [0.15, 0.2) is 17.4 Å². The molecule has 0 fully saturated rings. The number of carbonyl (C=O) groups excluding carboxylic acids is 2. The van der Waals surface area contributed by atoms with Crippen molar-refractivity contribution in [2.45, 2.75) is 19.5 Å². The van der Waals surface area contributed by atoms with E-state index in [0.717, 1.165) is 16.6 Å². The minimum Gasteiger partial charge on any atom is -0.493 e. The number of anilines is 1. The lowest BCUT2D eigenvalue weighted by molar-refractivity contribution is -0.153. The summed E-state index contributed by atoms with van der Waals surface area (Å²) in [5.41, 5.74) is 3.06. The van der Waals surface area contributed by atoms with Crippen molar-refractivity contribution >= 4 is 28.9 Å². The molecule has 4 aromatic rings. The van der Waals surface area contributed by atoms with Crippen molar-refractivity contribution in [1.29, 1.82) is 0 Å². The molecule has 0 bridgehead atoms. The second-order valence-corrected chi connectivity index (χ2v) is 8.44.